The van der Waals surface area contributed by atoms with Gasteiger partial charge < -0.3 is 40.6 Å². The number of carboxylic acid groups (broad SMARTS) is 2. The second-order valence-electron chi connectivity index (χ2n) is 14.6. The fraction of sp³-hybridized carbons (Fsp3) is 0.395. The second kappa shape index (κ2) is 14.9. The van der Waals surface area contributed by atoms with Gasteiger partial charge in [-0.05, 0) is 64.5 Å². The van der Waals surface area contributed by atoms with Gasteiger partial charge in [-0.3, -0.25) is 14.4 Å². The Kier molecular flexibility index (Phi) is 11.2. The van der Waals surface area contributed by atoms with Crippen LogP contribution in [0.25, 0.3) is 27.9 Å². The summed E-state index contributed by atoms with van der Waals surface area (Å²) in [5.74, 6) is -2.81. The molecular formula is C38H45FN4O9. The number of halogens is 1. The van der Waals surface area contributed by atoms with Crippen LogP contribution in [-0.2, 0) is 9.59 Å². The molecule has 4 rings (SSSR count). The SMILES string of the molecule is COc1cc2nc(C(=O)CC(C)(C)C(=O)O)cc(N)c2c(F)c1OC(C)(C)CC(C)(C)COc1ccc2nc(/C=C/CC(=O)O)cc(N)c2c1OC. The number of nitrogens with two attached hydrogens (primary N) is 2. The van der Waals surface area contributed by atoms with Crippen molar-refractivity contribution in [2.45, 2.75) is 66.4 Å². The zero-order valence-corrected chi connectivity index (χ0v) is 30.5. The lowest BCUT2D eigenvalue weighted by Crippen LogP contribution is -2.37. The molecule has 2 heterocycles. The first-order chi connectivity index (χ1) is 24.2. The van der Waals surface area contributed by atoms with Crippen LogP contribution in [0.2, 0.25) is 0 Å². The number of methoxy groups -OCH3 is 2. The molecule has 0 saturated carbocycles. The summed E-state index contributed by atoms with van der Waals surface area (Å²) in [5, 5.41) is 18.8. The summed E-state index contributed by atoms with van der Waals surface area (Å²) < 4.78 is 39.9. The Bertz CT molecular complexity index is 2080. The average Bonchev–Trinajstić information content (AvgIpc) is 3.03. The van der Waals surface area contributed by atoms with Crippen molar-refractivity contribution in [1.82, 2.24) is 9.97 Å². The molecule has 0 aliphatic rings. The zero-order chi connectivity index (χ0) is 38.8. The number of hydrogen-bond acceptors (Lipinski definition) is 11. The van der Waals surface area contributed by atoms with Crippen LogP contribution in [0, 0.1) is 16.6 Å². The molecule has 2 aromatic carbocycles. The molecule has 13 nitrogen and oxygen atoms in total. The molecule has 0 unspecified atom stereocenters. The molecule has 0 saturated heterocycles. The highest BCUT2D eigenvalue weighted by Crippen LogP contribution is 2.43. The average molecular weight is 721 g/mol. The Morgan fingerprint density at radius 1 is 0.865 bits per heavy atom. The summed E-state index contributed by atoms with van der Waals surface area (Å²) in [6.07, 6.45) is 2.98. The minimum atomic E-state index is -1.34. The van der Waals surface area contributed by atoms with Crippen LogP contribution in [0.1, 0.15) is 77.0 Å². The molecular weight excluding hydrogens is 675 g/mol. The van der Waals surface area contributed by atoms with E-state index in [2.05, 4.69) is 9.97 Å². The molecule has 0 aliphatic carbocycles. The van der Waals surface area contributed by atoms with Crippen LogP contribution in [0.4, 0.5) is 15.8 Å². The quantitative estimate of drug-likeness (QED) is 0.0868. The number of Topliss-reactive ketones (excluding diaryl/α,β-unsaturated/α-hetero) is 1. The molecule has 0 aliphatic heterocycles. The number of ether oxygens (including phenoxy) is 4. The Morgan fingerprint density at radius 2 is 1.54 bits per heavy atom. The third-order valence-corrected chi connectivity index (χ3v) is 8.30. The molecule has 14 heteroatoms. The van der Waals surface area contributed by atoms with E-state index < -0.39 is 40.0 Å². The van der Waals surface area contributed by atoms with E-state index in [1.807, 2.05) is 13.8 Å². The van der Waals surface area contributed by atoms with Gasteiger partial charge in [0.05, 0.1) is 60.2 Å². The van der Waals surface area contributed by atoms with Gasteiger partial charge in [-0.2, -0.15) is 0 Å². The lowest BCUT2D eigenvalue weighted by molar-refractivity contribution is -0.146. The van der Waals surface area contributed by atoms with Crippen molar-refractivity contribution in [3.63, 3.8) is 0 Å². The predicted octanol–water partition coefficient (Wildman–Crippen LogP) is 6.93. The first kappa shape index (κ1) is 39.1. The number of aliphatic carboxylic acids is 2. The number of ketones is 1. The first-order valence-electron chi connectivity index (χ1n) is 16.4. The van der Waals surface area contributed by atoms with E-state index in [-0.39, 0.29) is 53.2 Å². The van der Waals surface area contributed by atoms with Gasteiger partial charge in [0.15, 0.2) is 34.6 Å². The van der Waals surface area contributed by atoms with Crippen LogP contribution in [-0.4, -0.2) is 64.3 Å². The molecule has 0 radical (unpaired) electrons. The predicted molar refractivity (Wildman–Crippen MR) is 196 cm³/mol. The van der Waals surface area contributed by atoms with Crippen molar-refractivity contribution in [1.29, 1.82) is 0 Å². The van der Waals surface area contributed by atoms with Gasteiger partial charge in [0.2, 0.25) is 0 Å². The topological polar surface area (TPSA) is 206 Å². The first-order valence-corrected chi connectivity index (χ1v) is 16.4. The number of nitrogens with zero attached hydrogens (tertiary/aromatic N) is 2. The van der Waals surface area contributed by atoms with E-state index in [4.69, 9.17) is 35.5 Å². The van der Waals surface area contributed by atoms with Gasteiger partial charge in [-0.25, -0.2) is 14.4 Å². The van der Waals surface area contributed by atoms with Gasteiger partial charge in [0.1, 0.15) is 11.3 Å². The lowest BCUT2D eigenvalue weighted by atomic mass is 9.82. The van der Waals surface area contributed by atoms with Crippen LogP contribution in [0.15, 0.2) is 36.4 Å². The number of benzene rings is 2. The monoisotopic (exact) mass is 720 g/mol. The molecule has 2 aromatic heterocycles. The van der Waals surface area contributed by atoms with E-state index in [0.717, 1.165) is 0 Å². The summed E-state index contributed by atoms with van der Waals surface area (Å²) in [7, 11) is 2.85. The van der Waals surface area contributed by atoms with Crippen LogP contribution < -0.4 is 30.4 Å². The number of carbonyl (C=O) groups excluding carboxylic acids is 1. The summed E-state index contributed by atoms with van der Waals surface area (Å²) in [6, 6.07) is 7.74. The molecule has 278 valence electrons. The number of aromatic nitrogens is 2. The number of hydrogen-bond donors (Lipinski definition) is 4. The van der Waals surface area contributed by atoms with E-state index >= 15 is 4.39 Å². The Labute approximate surface area is 300 Å². The Balaban J connectivity index is 1.56. The number of anilines is 2. The molecule has 0 fully saturated rings. The third kappa shape index (κ3) is 8.79. The number of carbonyl (C=O) groups is 3. The van der Waals surface area contributed by atoms with E-state index in [1.54, 1.807) is 38.1 Å². The highest BCUT2D eigenvalue weighted by atomic mass is 19.1. The Hall–Kier alpha value is -5.66. The van der Waals surface area contributed by atoms with E-state index in [0.29, 0.717) is 40.2 Å². The summed E-state index contributed by atoms with van der Waals surface area (Å²) in [5.41, 5.74) is 11.1. The highest BCUT2D eigenvalue weighted by Gasteiger charge is 2.35. The van der Waals surface area contributed by atoms with Gasteiger partial charge in [0.25, 0.3) is 0 Å². The highest BCUT2D eigenvalue weighted by molar-refractivity contribution is 6.03. The van der Waals surface area contributed by atoms with E-state index in [9.17, 15) is 19.5 Å². The van der Waals surface area contributed by atoms with Crippen molar-refractivity contribution < 1.29 is 47.9 Å². The van der Waals surface area contributed by atoms with Gasteiger partial charge >= 0.3 is 11.9 Å². The number of rotatable bonds is 16. The molecule has 0 amide bonds. The van der Waals surface area contributed by atoms with Gasteiger partial charge in [-0.1, -0.05) is 19.9 Å². The van der Waals surface area contributed by atoms with Crippen molar-refractivity contribution >= 4 is 57.0 Å². The maximum absolute atomic E-state index is 16.2. The van der Waals surface area contributed by atoms with Crippen LogP contribution >= 0.6 is 0 Å². The largest absolute Gasteiger partial charge is 0.493 e. The summed E-state index contributed by atoms with van der Waals surface area (Å²) in [4.78, 5) is 44.2. The molecule has 0 bridgehead atoms. The van der Waals surface area contributed by atoms with Gasteiger partial charge in [0, 0.05) is 29.3 Å². The third-order valence-electron chi connectivity index (χ3n) is 8.30. The number of pyridine rings is 2. The molecule has 0 atom stereocenters. The molecule has 6 N–H and O–H groups in total. The zero-order valence-electron chi connectivity index (χ0n) is 30.5. The van der Waals surface area contributed by atoms with Gasteiger partial charge in [-0.15, -0.1) is 0 Å². The van der Waals surface area contributed by atoms with E-state index in [1.165, 1.54) is 46.3 Å². The minimum absolute atomic E-state index is 0.0297. The fourth-order valence-corrected chi connectivity index (χ4v) is 6.10. The summed E-state index contributed by atoms with van der Waals surface area (Å²) >= 11 is 0. The normalized spacial score (nSPS) is 12.3. The molecule has 4 aromatic rings. The smallest absolute Gasteiger partial charge is 0.309 e. The number of nitrogen functional groups attached to an aromatic ring is 2. The standard InChI is InChI=1S/C38H45FN4O9/c1-36(2,19-51-27-13-12-23-31(33(27)50-8)21(40)14-20(42-23)10-9-11-29(45)46)18-38(5,6)52-34-28(49-7)16-25-30(32(34)39)22(41)15-24(43-25)26(44)17-37(3,4)35(47)48/h9-10,12-16H,11,17-19H2,1-8H3,(H2,40,42)(H2,41,43)(H,45,46)(H,47,48)/b10-9+. The molecule has 52 heavy (non-hydrogen) atoms. The summed E-state index contributed by atoms with van der Waals surface area (Å²) in [6.45, 7) is 10.6. The number of fused-ring (bicyclic) bond motifs is 2. The van der Waals surface area contributed by atoms with Crippen LogP contribution in [0.5, 0.6) is 23.0 Å². The maximum Gasteiger partial charge on any atom is 0.309 e. The van der Waals surface area contributed by atoms with Crippen molar-refractivity contribution in [2.24, 2.45) is 10.8 Å². The van der Waals surface area contributed by atoms with Crippen molar-refractivity contribution in [2.75, 3.05) is 32.3 Å². The van der Waals surface area contributed by atoms with Crippen molar-refractivity contribution in [3.05, 3.63) is 53.6 Å². The van der Waals surface area contributed by atoms with Crippen molar-refractivity contribution in [3.8, 4) is 23.0 Å². The number of carboxylic acids is 2. The molecule has 0 spiro atoms. The fourth-order valence-electron chi connectivity index (χ4n) is 6.10. The van der Waals surface area contributed by atoms with Crippen LogP contribution in [0.3, 0.4) is 0 Å². The Morgan fingerprint density at radius 3 is 2.15 bits per heavy atom. The lowest BCUT2D eigenvalue weighted by Gasteiger charge is -2.35. The maximum atomic E-state index is 16.2. The minimum Gasteiger partial charge on any atom is -0.493 e. The second-order valence-corrected chi connectivity index (χ2v) is 14.6.